The molecule has 1 amide bonds. The number of ether oxygens (including phenoxy) is 1. The summed E-state index contributed by atoms with van der Waals surface area (Å²) < 4.78 is 5.16. The minimum Gasteiger partial charge on any atom is -0.444 e. The first-order valence-electron chi connectivity index (χ1n) is 7.50. The molecule has 3 nitrogen and oxygen atoms in total. The highest BCUT2D eigenvalue weighted by atomic mass is 35.5. The Balaban J connectivity index is 1.97. The van der Waals surface area contributed by atoms with Crippen LogP contribution in [0.2, 0.25) is 5.02 Å². The first kappa shape index (κ1) is 17.2. The lowest BCUT2D eigenvalue weighted by atomic mass is 10.0. The highest BCUT2D eigenvalue weighted by Crippen LogP contribution is 2.26. The smallest absolute Gasteiger partial charge is 0.407 e. The van der Waals surface area contributed by atoms with Gasteiger partial charge in [-0.2, -0.15) is 0 Å². The van der Waals surface area contributed by atoms with Crippen LogP contribution in [-0.2, 0) is 4.74 Å². The van der Waals surface area contributed by atoms with Crippen LogP contribution in [0.25, 0.3) is 10.8 Å². The molecule has 0 unspecified atom stereocenters. The normalized spacial score (nSPS) is 10.8. The van der Waals surface area contributed by atoms with E-state index in [0.717, 1.165) is 16.3 Å². The van der Waals surface area contributed by atoms with E-state index < -0.39 is 11.7 Å². The van der Waals surface area contributed by atoms with E-state index in [9.17, 15) is 4.79 Å². The fourth-order valence-corrected chi connectivity index (χ4v) is 2.38. The van der Waals surface area contributed by atoms with Crippen LogP contribution >= 0.6 is 11.6 Å². The Morgan fingerprint density at radius 2 is 1.91 bits per heavy atom. The van der Waals surface area contributed by atoms with Gasteiger partial charge in [0.1, 0.15) is 5.60 Å². The summed E-state index contributed by atoms with van der Waals surface area (Å²) in [4.78, 5) is 11.5. The monoisotopic (exact) mass is 329 g/mol. The van der Waals surface area contributed by atoms with Gasteiger partial charge < -0.3 is 10.1 Å². The van der Waals surface area contributed by atoms with Crippen LogP contribution in [0.3, 0.4) is 0 Å². The maximum absolute atomic E-state index is 11.5. The number of halogens is 1. The van der Waals surface area contributed by atoms with Gasteiger partial charge >= 0.3 is 6.09 Å². The highest BCUT2D eigenvalue weighted by Gasteiger charge is 2.15. The van der Waals surface area contributed by atoms with Gasteiger partial charge in [0.15, 0.2) is 0 Å². The SMILES string of the molecule is CC(C)(C)OC(=O)NCCC#Cc1cccc2cccc(Cl)c12. The van der Waals surface area contributed by atoms with Crippen molar-refractivity contribution < 1.29 is 9.53 Å². The Labute approximate surface area is 142 Å². The molecule has 2 aromatic carbocycles. The molecule has 0 radical (unpaired) electrons. The van der Waals surface area contributed by atoms with Crippen LogP contribution < -0.4 is 5.32 Å². The highest BCUT2D eigenvalue weighted by molar-refractivity contribution is 6.36. The van der Waals surface area contributed by atoms with E-state index in [2.05, 4.69) is 17.2 Å². The molecule has 2 aromatic rings. The molecule has 0 atom stereocenters. The van der Waals surface area contributed by atoms with E-state index in [4.69, 9.17) is 16.3 Å². The Kier molecular flexibility index (Phi) is 5.52. The van der Waals surface area contributed by atoms with Crippen molar-refractivity contribution in [3.05, 3.63) is 47.0 Å². The second kappa shape index (κ2) is 7.39. The molecule has 0 aromatic heterocycles. The molecule has 0 aliphatic rings. The summed E-state index contributed by atoms with van der Waals surface area (Å²) >= 11 is 6.26. The molecule has 1 N–H and O–H groups in total. The van der Waals surface area contributed by atoms with E-state index >= 15 is 0 Å². The maximum Gasteiger partial charge on any atom is 0.407 e. The number of hydrogen-bond donors (Lipinski definition) is 1. The number of hydrogen-bond acceptors (Lipinski definition) is 2. The number of fused-ring (bicyclic) bond motifs is 1. The van der Waals surface area contributed by atoms with E-state index in [0.29, 0.717) is 18.0 Å². The molecule has 23 heavy (non-hydrogen) atoms. The second-order valence-corrected chi connectivity index (χ2v) is 6.53. The average molecular weight is 330 g/mol. The second-order valence-electron chi connectivity index (χ2n) is 6.12. The van der Waals surface area contributed by atoms with Crippen LogP contribution in [0.4, 0.5) is 4.79 Å². The number of rotatable bonds is 2. The first-order valence-corrected chi connectivity index (χ1v) is 7.87. The van der Waals surface area contributed by atoms with Crippen molar-refractivity contribution in [1.82, 2.24) is 5.32 Å². The minimum absolute atomic E-state index is 0.424. The summed E-state index contributed by atoms with van der Waals surface area (Å²) in [6, 6.07) is 11.7. The van der Waals surface area contributed by atoms with Crippen LogP contribution in [0.5, 0.6) is 0 Å². The number of carbonyl (C=O) groups is 1. The van der Waals surface area contributed by atoms with Gasteiger partial charge in [0.25, 0.3) is 0 Å². The molecule has 2 rings (SSSR count). The molecule has 0 aliphatic heterocycles. The first-order chi connectivity index (χ1) is 10.9. The fraction of sp³-hybridized carbons (Fsp3) is 0.316. The molecule has 0 aliphatic carbocycles. The van der Waals surface area contributed by atoms with Gasteiger partial charge in [-0.25, -0.2) is 4.79 Å². The standard InChI is InChI=1S/C19H20ClNO2/c1-19(2,3)23-18(22)21-13-5-4-8-14-9-6-10-15-11-7-12-16(20)17(14)15/h6-7,9-12H,5,13H2,1-3H3,(H,21,22). The van der Waals surface area contributed by atoms with Crippen molar-refractivity contribution in [2.24, 2.45) is 0 Å². The van der Waals surface area contributed by atoms with Crippen LogP contribution in [0.1, 0.15) is 32.8 Å². The van der Waals surface area contributed by atoms with Gasteiger partial charge in [-0.05, 0) is 38.3 Å². The predicted octanol–water partition coefficient (Wildman–Crippen LogP) is 4.76. The summed E-state index contributed by atoms with van der Waals surface area (Å²) in [5.74, 6) is 6.18. The van der Waals surface area contributed by atoms with E-state index in [1.165, 1.54) is 0 Å². The molecule has 0 saturated carbocycles. The van der Waals surface area contributed by atoms with Crippen molar-refractivity contribution in [2.75, 3.05) is 6.54 Å². The largest absolute Gasteiger partial charge is 0.444 e. The Morgan fingerprint density at radius 1 is 1.22 bits per heavy atom. The summed E-state index contributed by atoms with van der Waals surface area (Å²) in [6.45, 7) is 5.93. The molecule has 0 bridgehead atoms. The lowest BCUT2D eigenvalue weighted by Crippen LogP contribution is -2.32. The van der Waals surface area contributed by atoms with E-state index in [-0.39, 0.29) is 0 Å². The quantitative estimate of drug-likeness (QED) is 0.637. The van der Waals surface area contributed by atoms with Gasteiger partial charge in [-0.1, -0.05) is 47.7 Å². The lowest BCUT2D eigenvalue weighted by molar-refractivity contribution is 0.0529. The number of nitrogens with one attached hydrogen (secondary N) is 1. The molecule has 0 heterocycles. The molecule has 120 valence electrons. The maximum atomic E-state index is 11.5. The molecule has 0 spiro atoms. The van der Waals surface area contributed by atoms with Crippen molar-refractivity contribution in [2.45, 2.75) is 32.8 Å². The summed E-state index contributed by atoms with van der Waals surface area (Å²) in [6.07, 6.45) is 0.118. The van der Waals surface area contributed by atoms with Crippen molar-refractivity contribution in [1.29, 1.82) is 0 Å². The van der Waals surface area contributed by atoms with Crippen LogP contribution in [0, 0.1) is 11.8 Å². The number of amides is 1. The Morgan fingerprint density at radius 3 is 2.61 bits per heavy atom. The third-order valence-electron chi connectivity index (χ3n) is 3.00. The zero-order valence-corrected chi connectivity index (χ0v) is 14.3. The Bertz CT molecular complexity index is 761. The fourth-order valence-electron chi connectivity index (χ4n) is 2.10. The number of benzene rings is 2. The van der Waals surface area contributed by atoms with Crippen molar-refractivity contribution in [3.8, 4) is 11.8 Å². The topological polar surface area (TPSA) is 38.3 Å². The molecule has 4 heteroatoms. The van der Waals surface area contributed by atoms with E-state index in [1.807, 2.05) is 57.2 Å². The van der Waals surface area contributed by atoms with Crippen molar-refractivity contribution >= 4 is 28.5 Å². The Hall–Kier alpha value is -2.18. The van der Waals surface area contributed by atoms with Gasteiger partial charge in [0.2, 0.25) is 0 Å². The third kappa shape index (κ3) is 5.19. The summed E-state index contributed by atoms with van der Waals surface area (Å²) in [5.41, 5.74) is 0.403. The van der Waals surface area contributed by atoms with Gasteiger partial charge in [-0.15, -0.1) is 0 Å². The zero-order valence-electron chi connectivity index (χ0n) is 13.6. The molecular weight excluding hydrogens is 310 g/mol. The average Bonchev–Trinajstić information content (AvgIpc) is 2.45. The predicted molar refractivity (Wildman–Crippen MR) is 94.7 cm³/mol. The van der Waals surface area contributed by atoms with Crippen molar-refractivity contribution in [3.63, 3.8) is 0 Å². The van der Waals surface area contributed by atoms with Crippen LogP contribution in [-0.4, -0.2) is 18.2 Å². The zero-order chi connectivity index (χ0) is 16.9. The van der Waals surface area contributed by atoms with Gasteiger partial charge in [-0.3, -0.25) is 0 Å². The van der Waals surface area contributed by atoms with Gasteiger partial charge in [0.05, 0.1) is 0 Å². The van der Waals surface area contributed by atoms with Crippen LogP contribution in [0.15, 0.2) is 36.4 Å². The summed E-state index contributed by atoms with van der Waals surface area (Å²) in [7, 11) is 0. The molecule has 0 fully saturated rings. The van der Waals surface area contributed by atoms with Gasteiger partial charge in [0, 0.05) is 28.9 Å². The third-order valence-corrected chi connectivity index (χ3v) is 3.31. The molecular formula is C19H20ClNO2. The van der Waals surface area contributed by atoms with E-state index in [1.54, 1.807) is 0 Å². The summed E-state index contributed by atoms with van der Waals surface area (Å²) in [5, 5.41) is 5.41. The number of alkyl carbamates (subject to hydrolysis) is 1. The molecule has 0 saturated heterocycles. The number of carbonyl (C=O) groups excluding carboxylic acids is 1. The lowest BCUT2D eigenvalue weighted by Gasteiger charge is -2.19. The minimum atomic E-state index is -0.491.